The molecule has 2 aliphatic rings. The monoisotopic (exact) mass is 306 g/mol. The Morgan fingerprint density at radius 1 is 1.52 bits per heavy atom. The summed E-state index contributed by atoms with van der Waals surface area (Å²) in [5.74, 6) is 1.21. The molecule has 112 valence electrons. The summed E-state index contributed by atoms with van der Waals surface area (Å²) in [6, 6.07) is 5.67. The Bertz CT molecular complexity index is 600. The summed E-state index contributed by atoms with van der Waals surface area (Å²) in [6.45, 7) is 3.74. The summed E-state index contributed by atoms with van der Waals surface area (Å²) in [5.41, 5.74) is 7.26. The molecule has 1 aromatic carbocycles. The molecule has 2 unspecified atom stereocenters. The summed E-state index contributed by atoms with van der Waals surface area (Å²) in [5, 5.41) is 0.639. The molecule has 0 bridgehead atoms. The van der Waals surface area contributed by atoms with Crippen LogP contribution in [0.4, 0.5) is 0 Å². The van der Waals surface area contributed by atoms with Gasteiger partial charge in [-0.2, -0.15) is 0 Å². The summed E-state index contributed by atoms with van der Waals surface area (Å²) in [4.78, 5) is 14.6. The first-order valence-electron chi connectivity index (χ1n) is 7.22. The van der Waals surface area contributed by atoms with Crippen molar-refractivity contribution in [3.8, 4) is 5.75 Å². The lowest BCUT2D eigenvalue weighted by molar-refractivity contribution is -0.128. The molecular weight excluding hydrogens is 288 g/mol. The van der Waals surface area contributed by atoms with Crippen molar-refractivity contribution in [3.05, 3.63) is 34.4 Å². The second kappa shape index (κ2) is 5.70. The second-order valence-corrected chi connectivity index (χ2v) is 6.22. The fourth-order valence-electron chi connectivity index (χ4n) is 3.05. The van der Waals surface area contributed by atoms with Gasteiger partial charge in [0.25, 0.3) is 5.91 Å². The third kappa shape index (κ3) is 2.78. The van der Waals surface area contributed by atoms with E-state index >= 15 is 0 Å². The molecule has 0 aliphatic carbocycles. The largest absolute Gasteiger partial charge is 0.488 e. The number of carbonyl (C=O) groups excluding carboxylic acids is 1. The lowest BCUT2D eigenvalue weighted by Gasteiger charge is -2.25. The summed E-state index contributed by atoms with van der Waals surface area (Å²) in [7, 11) is 0. The lowest BCUT2D eigenvalue weighted by Crippen LogP contribution is -2.37. The molecule has 1 amide bonds. The van der Waals surface area contributed by atoms with E-state index < -0.39 is 0 Å². The van der Waals surface area contributed by atoms with E-state index in [2.05, 4.69) is 6.92 Å². The van der Waals surface area contributed by atoms with Crippen LogP contribution in [0.15, 0.2) is 23.8 Å². The normalized spacial score (nSPS) is 24.3. The highest BCUT2D eigenvalue weighted by Gasteiger charge is 2.33. The molecule has 2 aliphatic heterocycles. The van der Waals surface area contributed by atoms with Gasteiger partial charge in [0.1, 0.15) is 12.4 Å². The number of benzene rings is 1. The van der Waals surface area contributed by atoms with E-state index in [-0.39, 0.29) is 11.9 Å². The molecule has 1 saturated heterocycles. The minimum atomic E-state index is 0.0454. The van der Waals surface area contributed by atoms with Crippen molar-refractivity contribution < 1.29 is 9.53 Å². The summed E-state index contributed by atoms with van der Waals surface area (Å²) in [6.07, 6.45) is 2.86. The van der Waals surface area contributed by atoms with Gasteiger partial charge >= 0.3 is 0 Å². The van der Waals surface area contributed by atoms with Crippen molar-refractivity contribution in [3.63, 3.8) is 0 Å². The van der Waals surface area contributed by atoms with Crippen LogP contribution < -0.4 is 10.5 Å². The maximum Gasteiger partial charge on any atom is 0.253 e. The van der Waals surface area contributed by atoms with E-state index in [0.717, 1.165) is 24.3 Å². The van der Waals surface area contributed by atoms with E-state index in [9.17, 15) is 4.79 Å². The Balaban J connectivity index is 1.83. The average Bonchev–Trinajstić information content (AvgIpc) is 2.87. The topological polar surface area (TPSA) is 55.6 Å². The first kappa shape index (κ1) is 14.4. The summed E-state index contributed by atoms with van der Waals surface area (Å²) >= 11 is 6.00. The fraction of sp³-hybridized carbons (Fsp3) is 0.438. The van der Waals surface area contributed by atoms with Crippen LogP contribution in [0.1, 0.15) is 18.9 Å². The van der Waals surface area contributed by atoms with Gasteiger partial charge in [0.05, 0.1) is 5.57 Å². The zero-order valence-corrected chi connectivity index (χ0v) is 12.8. The van der Waals surface area contributed by atoms with Crippen molar-refractivity contribution in [2.75, 3.05) is 19.7 Å². The highest BCUT2D eigenvalue weighted by molar-refractivity contribution is 6.30. The highest BCUT2D eigenvalue weighted by atomic mass is 35.5. The van der Waals surface area contributed by atoms with Crippen LogP contribution in [-0.4, -0.2) is 36.5 Å². The SMILES string of the molecule is CC1CC(CN)CN1C(=O)C1=Cc2cc(Cl)ccc2OC1. The molecule has 0 radical (unpaired) electrons. The first-order chi connectivity index (χ1) is 10.1. The smallest absolute Gasteiger partial charge is 0.253 e. The van der Waals surface area contributed by atoms with E-state index in [1.807, 2.05) is 23.1 Å². The third-order valence-electron chi connectivity index (χ3n) is 4.22. The zero-order valence-electron chi connectivity index (χ0n) is 12.0. The minimum absolute atomic E-state index is 0.0454. The number of hydrogen-bond donors (Lipinski definition) is 1. The van der Waals surface area contributed by atoms with Gasteiger partial charge in [-0.15, -0.1) is 0 Å². The molecule has 5 heteroatoms. The van der Waals surface area contributed by atoms with E-state index in [1.54, 1.807) is 6.07 Å². The highest BCUT2D eigenvalue weighted by Crippen LogP contribution is 2.31. The zero-order chi connectivity index (χ0) is 15.0. The van der Waals surface area contributed by atoms with Crippen LogP contribution in [0.2, 0.25) is 5.02 Å². The molecule has 21 heavy (non-hydrogen) atoms. The number of amides is 1. The van der Waals surface area contributed by atoms with E-state index in [1.165, 1.54) is 0 Å². The molecule has 2 N–H and O–H groups in total. The number of nitrogens with zero attached hydrogens (tertiary/aromatic N) is 1. The van der Waals surface area contributed by atoms with Crippen LogP contribution in [-0.2, 0) is 4.79 Å². The Kier molecular flexibility index (Phi) is 3.91. The van der Waals surface area contributed by atoms with Crippen molar-refractivity contribution in [1.29, 1.82) is 0 Å². The minimum Gasteiger partial charge on any atom is -0.488 e. The predicted molar refractivity (Wildman–Crippen MR) is 83.3 cm³/mol. The quantitative estimate of drug-likeness (QED) is 0.912. The average molecular weight is 307 g/mol. The number of nitrogens with two attached hydrogens (primary N) is 1. The predicted octanol–water partition coefficient (Wildman–Crippen LogP) is 2.31. The molecule has 4 nitrogen and oxygen atoms in total. The van der Waals surface area contributed by atoms with Gasteiger partial charge in [-0.3, -0.25) is 4.79 Å². The van der Waals surface area contributed by atoms with Gasteiger partial charge in [-0.05, 0) is 50.1 Å². The molecule has 0 aromatic heterocycles. The van der Waals surface area contributed by atoms with E-state index in [4.69, 9.17) is 22.1 Å². The van der Waals surface area contributed by atoms with Crippen LogP contribution in [0.5, 0.6) is 5.75 Å². The van der Waals surface area contributed by atoms with Crippen LogP contribution in [0.25, 0.3) is 6.08 Å². The van der Waals surface area contributed by atoms with Gasteiger partial charge < -0.3 is 15.4 Å². The van der Waals surface area contributed by atoms with Crippen LogP contribution >= 0.6 is 11.6 Å². The Hall–Kier alpha value is -1.52. The Morgan fingerprint density at radius 3 is 3.05 bits per heavy atom. The molecule has 2 heterocycles. The second-order valence-electron chi connectivity index (χ2n) is 5.78. The first-order valence-corrected chi connectivity index (χ1v) is 7.60. The number of rotatable bonds is 2. The van der Waals surface area contributed by atoms with Gasteiger partial charge in [0.15, 0.2) is 0 Å². The van der Waals surface area contributed by atoms with E-state index in [0.29, 0.717) is 29.7 Å². The number of hydrogen-bond acceptors (Lipinski definition) is 3. The molecule has 0 saturated carbocycles. The van der Waals surface area contributed by atoms with Crippen molar-refractivity contribution in [2.24, 2.45) is 11.7 Å². The van der Waals surface area contributed by atoms with Gasteiger partial charge in [-0.1, -0.05) is 11.6 Å². The Labute approximate surface area is 129 Å². The van der Waals surface area contributed by atoms with Crippen molar-refractivity contribution >= 4 is 23.6 Å². The van der Waals surface area contributed by atoms with Crippen molar-refractivity contribution in [2.45, 2.75) is 19.4 Å². The van der Waals surface area contributed by atoms with Gasteiger partial charge in [0, 0.05) is 23.2 Å². The van der Waals surface area contributed by atoms with Gasteiger partial charge in [-0.25, -0.2) is 0 Å². The van der Waals surface area contributed by atoms with Crippen molar-refractivity contribution in [1.82, 2.24) is 4.90 Å². The molecule has 0 spiro atoms. The number of ether oxygens (including phenoxy) is 1. The lowest BCUT2D eigenvalue weighted by atomic mass is 10.1. The third-order valence-corrected chi connectivity index (χ3v) is 4.45. The fourth-order valence-corrected chi connectivity index (χ4v) is 3.23. The maximum atomic E-state index is 12.7. The molecular formula is C16H19ClN2O2. The molecule has 1 fully saturated rings. The molecule has 2 atom stereocenters. The molecule has 1 aromatic rings. The number of fused-ring (bicyclic) bond motifs is 1. The van der Waals surface area contributed by atoms with Crippen LogP contribution in [0, 0.1) is 5.92 Å². The summed E-state index contributed by atoms with van der Waals surface area (Å²) < 4.78 is 5.66. The van der Waals surface area contributed by atoms with Gasteiger partial charge in [0.2, 0.25) is 0 Å². The molecule has 3 rings (SSSR count). The number of halogens is 1. The standard InChI is InChI=1S/C16H19ClN2O2/c1-10-4-11(7-18)8-19(10)16(20)13-5-12-6-14(17)2-3-15(12)21-9-13/h2-3,5-6,10-11H,4,7-9,18H2,1H3. The number of carbonyl (C=O) groups is 1. The Morgan fingerprint density at radius 2 is 2.33 bits per heavy atom. The number of likely N-dealkylation sites (tertiary alicyclic amines) is 1. The van der Waals surface area contributed by atoms with Crippen LogP contribution in [0.3, 0.4) is 0 Å². The maximum absolute atomic E-state index is 12.7.